The molecular weight excluding hydrogens is 399 g/mol. The lowest BCUT2D eigenvalue weighted by atomic mass is 10.1. The van der Waals surface area contributed by atoms with Gasteiger partial charge in [-0.3, -0.25) is 0 Å². The molecule has 1 aromatic carbocycles. The van der Waals surface area contributed by atoms with Crippen molar-refractivity contribution < 1.29 is 26.3 Å². The summed E-state index contributed by atoms with van der Waals surface area (Å²) in [6.45, 7) is 2.11. The fourth-order valence-electron chi connectivity index (χ4n) is 3.06. The lowest BCUT2D eigenvalue weighted by molar-refractivity contribution is -0.138. The van der Waals surface area contributed by atoms with Crippen LogP contribution in [0.25, 0.3) is 0 Å². The normalized spacial score (nSPS) is 18.3. The average Bonchev–Trinajstić information content (AvgIpc) is 3.27. The summed E-state index contributed by atoms with van der Waals surface area (Å²) in [5.41, 5.74) is -0.942. The second kappa shape index (κ2) is 7.90. The van der Waals surface area contributed by atoms with Crippen LogP contribution in [0.1, 0.15) is 28.8 Å². The number of alkyl halides is 3. The van der Waals surface area contributed by atoms with Gasteiger partial charge in [-0.15, -0.1) is 11.3 Å². The van der Waals surface area contributed by atoms with E-state index >= 15 is 0 Å². The first-order valence-corrected chi connectivity index (χ1v) is 10.8. The summed E-state index contributed by atoms with van der Waals surface area (Å²) in [4.78, 5) is 0.467. The molecule has 1 atom stereocenters. The molecule has 2 heterocycles. The quantitative estimate of drug-likeness (QED) is 0.695. The maximum atomic E-state index is 13.2. The van der Waals surface area contributed by atoms with Gasteiger partial charge in [0.05, 0.1) is 16.6 Å². The average molecular weight is 419 g/mol. The smallest absolute Gasteiger partial charge is 0.377 e. The van der Waals surface area contributed by atoms with Crippen molar-refractivity contribution in [3.8, 4) is 0 Å². The molecule has 1 unspecified atom stereocenters. The van der Waals surface area contributed by atoms with E-state index in [4.69, 9.17) is 4.74 Å². The summed E-state index contributed by atoms with van der Waals surface area (Å²) in [6.07, 6.45) is -3.27. The van der Waals surface area contributed by atoms with Gasteiger partial charge in [-0.2, -0.15) is 17.5 Å². The maximum Gasteiger partial charge on any atom is 0.416 e. The van der Waals surface area contributed by atoms with Gasteiger partial charge in [0.25, 0.3) is 0 Å². The Balaban J connectivity index is 1.96. The van der Waals surface area contributed by atoms with E-state index in [1.165, 1.54) is 34.7 Å². The highest BCUT2D eigenvalue weighted by Gasteiger charge is 2.35. The third kappa shape index (κ3) is 4.71. The van der Waals surface area contributed by atoms with E-state index in [0.717, 1.165) is 23.8 Å². The lowest BCUT2D eigenvalue weighted by Gasteiger charge is -2.25. The van der Waals surface area contributed by atoms with Crippen molar-refractivity contribution in [1.82, 2.24) is 4.31 Å². The van der Waals surface area contributed by atoms with E-state index in [0.29, 0.717) is 6.61 Å². The predicted octanol–water partition coefficient (Wildman–Crippen LogP) is 4.45. The molecule has 1 aliphatic heterocycles. The molecule has 0 radical (unpaired) electrons. The first kappa shape index (κ1) is 20.3. The van der Waals surface area contributed by atoms with Crippen molar-refractivity contribution in [2.45, 2.75) is 43.5 Å². The third-order valence-corrected chi connectivity index (χ3v) is 7.16. The van der Waals surface area contributed by atoms with E-state index in [2.05, 4.69) is 0 Å². The Hall–Kier alpha value is -1.42. The predicted molar refractivity (Wildman–Crippen MR) is 97.1 cm³/mol. The van der Waals surface area contributed by atoms with E-state index < -0.39 is 21.8 Å². The minimum Gasteiger partial charge on any atom is -0.377 e. The molecule has 0 spiro atoms. The van der Waals surface area contributed by atoms with Crippen LogP contribution in [-0.2, 0) is 27.5 Å². The summed E-state index contributed by atoms with van der Waals surface area (Å²) < 4.78 is 72.7. The van der Waals surface area contributed by atoms with Gasteiger partial charge in [0.1, 0.15) is 0 Å². The molecular formula is C18H20F3NO3S2. The van der Waals surface area contributed by atoms with Crippen molar-refractivity contribution in [1.29, 1.82) is 0 Å². The summed E-state index contributed by atoms with van der Waals surface area (Å²) in [5.74, 6) is 0. The van der Waals surface area contributed by atoms with E-state index in [9.17, 15) is 21.6 Å². The topological polar surface area (TPSA) is 46.6 Å². The Bertz CT molecular complexity index is 874. The van der Waals surface area contributed by atoms with E-state index in [-0.39, 0.29) is 29.7 Å². The van der Waals surface area contributed by atoms with Crippen molar-refractivity contribution in [3.63, 3.8) is 0 Å². The number of halogens is 3. The van der Waals surface area contributed by atoms with Crippen molar-refractivity contribution >= 4 is 21.4 Å². The Kier molecular flexibility index (Phi) is 5.95. The van der Waals surface area contributed by atoms with Crippen LogP contribution < -0.4 is 0 Å². The maximum absolute atomic E-state index is 13.2. The number of benzene rings is 1. The van der Waals surface area contributed by atoms with Crippen molar-refractivity contribution in [3.05, 3.63) is 51.7 Å². The molecule has 0 saturated carbocycles. The Morgan fingerprint density at radius 3 is 2.67 bits per heavy atom. The second-order valence-corrected chi connectivity index (χ2v) is 9.46. The first-order valence-electron chi connectivity index (χ1n) is 8.50. The molecule has 0 aliphatic carbocycles. The highest BCUT2D eigenvalue weighted by molar-refractivity contribution is 7.89. The minimum atomic E-state index is -4.61. The molecule has 1 fully saturated rings. The highest BCUT2D eigenvalue weighted by atomic mass is 32.2. The summed E-state index contributed by atoms with van der Waals surface area (Å²) in [7, 11) is -4.10. The zero-order chi connectivity index (χ0) is 19.7. The Morgan fingerprint density at radius 1 is 1.30 bits per heavy atom. The molecule has 1 aliphatic rings. The number of thiophene rings is 1. The molecule has 1 aromatic heterocycles. The second-order valence-electron chi connectivity index (χ2n) is 6.49. The molecule has 9 heteroatoms. The number of ether oxygens (including phenoxy) is 1. The van der Waals surface area contributed by atoms with Crippen LogP contribution in [0.3, 0.4) is 0 Å². The van der Waals surface area contributed by atoms with Gasteiger partial charge >= 0.3 is 6.18 Å². The fraction of sp³-hybridized carbons (Fsp3) is 0.444. The van der Waals surface area contributed by atoms with E-state index in [1.807, 2.05) is 11.4 Å². The molecule has 27 heavy (non-hydrogen) atoms. The lowest BCUT2D eigenvalue weighted by Crippen LogP contribution is -2.36. The molecule has 4 nitrogen and oxygen atoms in total. The van der Waals surface area contributed by atoms with Gasteiger partial charge in [0.2, 0.25) is 10.0 Å². The molecule has 2 aromatic rings. The number of rotatable bonds is 6. The third-order valence-electron chi connectivity index (χ3n) is 4.50. The SMILES string of the molecule is Cc1ccc(S(=O)(=O)N(Cc2cccs2)CC2CCCO2)cc1C(F)(F)F. The number of hydrogen-bond donors (Lipinski definition) is 0. The largest absolute Gasteiger partial charge is 0.416 e. The highest BCUT2D eigenvalue weighted by Crippen LogP contribution is 2.34. The van der Waals surface area contributed by atoms with Crippen LogP contribution in [-0.4, -0.2) is 32.0 Å². The van der Waals surface area contributed by atoms with Crippen LogP contribution in [0.15, 0.2) is 40.6 Å². The van der Waals surface area contributed by atoms with Crippen molar-refractivity contribution in [2.24, 2.45) is 0 Å². The number of nitrogens with zero attached hydrogens (tertiary/aromatic N) is 1. The monoisotopic (exact) mass is 419 g/mol. The van der Waals surface area contributed by atoms with Crippen LogP contribution in [0, 0.1) is 6.92 Å². The van der Waals surface area contributed by atoms with Crippen LogP contribution in [0.2, 0.25) is 0 Å². The fourth-order valence-corrected chi connectivity index (χ4v) is 5.33. The molecule has 148 valence electrons. The molecule has 3 rings (SSSR count). The van der Waals surface area contributed by atoms with Gasteiger partial charge < -0.3 is 4.74 Å². The summed E-state index contributed by atoms with van der Waals surface area (Å²) in [6, 6.07) is 6.77. The molecule has 0 bridgehead atoms. The van der Waals surface area contributed by atoms with Gasteiger partial charge in [-0.1, -0.05) is 12.1 Å². The first-order chi connectivity index (χ1) is 12.7. The Labute approximate surface area is 160 Å². The van der Waals surface area contributed by atoms with E-state index in [1.54, 1.807) is 6.07 Å². The van der Waals surface area contributed by atoms with Gasteiger partial charge in [-0.25, -0.2) is 8.42 Å². The minimum absolute atomic E-state index is 0.00890. The van der Waals surface area contributed by atoms with Crippen LogP contribution in [0.5, 0.6) is 0 Å². The number of sulfonamides is 1. The zero-order valence-electron chi connectivity index (χ0n) is 14.7. The van der Waals surface area contributed by atoms with Crippen LogP contribution >= 0.6 is 11.3 Å². The molecule has 0 N–H and O–H groups in total. The number of aryl methyl sites for hydroxylation is 1. The van der Waals surface area contributed by atoms with Gasteiger partial charge in [0.15, 0.2) is 0 Å². The molecule has 0 amide bonds. The Morgan fingerprint density at radius 2 is 2.07 bits per heavy atom. The van der Waals surface area contributed by atoms with Gasteiger partial charge in [0, 0.05) is 24.6 Å². The van der Waals surface area contributed by atoms with Crippen LogP contribution in [0.4, 0.5) is 13.2 Å². The van der Waals surface area contributed by atoms with Gasteiger partial charge in [-0.05, 0) is 48.9 Å². The molecule has 1 saturated heterocycles. The van der Waals surface area contributed by atoms with Crippen molar-refractivity contribution in [2.75, 3.05) is 13.2 Å². The number of hydrogen-bond acceptors (Lipinski definition) is 4. The standard InChI is InChI=1S/C18H20F3NO3S2/c1-13-6-7-16(10-17(13)18(19,20)21)27(23,24)22(11-14-4-2-8-25-14)12-15-5-3-9-26-15/h3,5-7,9-10,14H,2,4,8,11-12H2,1H3. The summed E-state index contributed by atoms with van der Waals surface area (Å²) in [5, 5.41) is 1.83. The summed E-state index contributed by atoms with van der Waals surface area (Å²) >= 11 is 1.40. The zero-order valence-corrected chi connectivity index (χ0v) is 16.3.